The van der Waals surface area contributed by atoms with Gasteiger partial charge in [-0.2, -0.15) is 0 Å². The lowest BCUT2D eigenvalue weighted by Gasteiger charge is -2.34. The van der Waals surface area contributed by atoms with Crippen molar-refractivity contribution in [1.29, 1.82) is 0 Å². The zero-order valence-electron chi connectivity index (χ0n) is 27.7. The first-order chi connectivity index (χ1) is 23.0. The molecule has 0 radical (unpaired) electrons. The minimum absolute atomic E-state index is 0. The maximum Gasteiger partial charge on any atom is 0.270 e. The molecule has 1 aliphatic rings. The number of pyridine rings is 1. The second kappa shape index (κ2) is 15.6. The molecule has 1 aliphatic heterocycles. The Morgan fingerprint density at radius 2 is 1.59 bits per heavy atom. The molecule has 3 aromatic carbocycles. The number of hydrogen-bond donors (Lipinski definition) is 0. The van der Waals surface area contributed by atoms with Crippen molar-refractivity contribution in [3.05, 3.63) is 112 Å². The van der Waals surface area contributed by atoms with Crippen molar-refractivity contribution in [2.24, 2.45) is 7.05 Å². The van der Waals surface area contributed by atoms with Crippen LogP contribution in [0.25, 0.3) is 10.9 Å². The van der Waals surface area contributed by atoms with Gasteiger partial charge in [-0.25, -0.2) is 4.98 Å². The number of aromatic nitrogens is 2. The van der Waals surface area contributed by atoms with Crippen LogP contribution in [-0.2, 0) is 13.6 Å². The fourth-order valence-electron chi connectivity index (χ4n) is 5.75. The monoisotopic (exact) mass is 765 g/mol. The molecule has 49 heavy (non-hydrogen) atoms. The van der Waals surface area contributed by atoms with Gasteiger partial charge in [0.2, 0.25) is 5.88 Å². The van der Waals surface area contributed by atoms with Crippen molar-refractivity contribution in [3.63, 3.8) is 0 Å². The fourth-order valence-corrected chi connectivity index (χ4v) is 6.04. The van der Waals surface area contributed by atoms with E-state index in [9.17, 15) is 9.59 Å². The maximum atomic E-state index is 13.6. The molecule has 0 saturated carbocycles. The standard InChI is InChI=1S/C37H37Cl2N5O4.BrH/c1-24(2)47-29-10-5-25(6-11-29)23-43-15-17-44(18-16-43)37(46)34-20-26-7-12-30(21-33(26)42(34)4)48-35-14-9-28(22-40-35)41(3)36(45)27-8-13-31(38)32(39)19-27;/h5-14,19-22,24H,15-18,23H2,1-4H3;1H. The molecule has 0 unspecified atom stereocenters. The molecular formula is C37H38BrCl2N5O4. The maximum absolute atomic E-state index is 13.6. The van der Waals surface area contributed by atoms with E-state index in [0.717, 1.165) is 36.3 Å². The van der Waals surface area contributed by atoms with E-state index in [1.54, 1.807) is 43.6 Å². The van der Waals surface area contributed by atoms with Gasteiger partial charge in [0.1, 0.15) is 17.2 Å². The summed E-state index contributed by atoms with van der Waals surface area (Å²) in [6.07, 6.45) is 1.72. The van der Waals surface area contributed by atoms with Crippen LogP contribution >= 0.6 is 40.2 Å². The number of aryl methyl sites for hydroxylation is 1. The lowest BCUT2D eigenvalue weighted by atomic mass is 10.2. The Balaban J connectivity index is 0.00000468. The van der Waals surface area contributed by atoms with Crippen LogP contribution in [0.4, 0.5) is 5.69 Å². The van der Waals surface area contributed by atoms with Crippen molar-refractivity contribution >= 4 is 68.6 Å². The van der Waals surface area contributed by atoms with Crippen LogP contribution < -0.4 is 14.4 Å². The van der Waals surface area contributed by atoms with E-state index in [1.807, 2.05) is 66.8 Å². The third-order valence-electron chi connectivity index (χ3n) is 8.40. The number of nitrogens with zero attached hydrogens (tertiary/aromatic N) is 5. The zero-order valence-corrected chi connectivity index (χ0v) is 31.0. The molecule has 0 atom stereocenters. The molecule has 3 heterocycles. The highest BCUT2D eigenvalue weighted by Gasteiger charge is 2.25. The van der Waals surface area contributed by atoms with E-state index in [1.165, 1.54) is 10.5 Å². The molecule has 256 valence electrons. The third kappa shape index (κ3) is 8.38. The number of carbonyl (C=O) groups excluding carboxylic acids is 2. The van der Waals surface area contributed by atoms with Gasteiger partial charge in [0.15, 0.2) is 0 Å². The topological polar surface area (TPSA) is 80.1 Å². The average Bonchev–Trinajstić information content (AvgIpc) is 3.41. The number of amides is 2. The van der Waals surface area contributed by atoms with Gasteiger partial charge in [-0.05, 0) is 74.0 Å². The summed E-state index contributed by atoms with van der Waals surface area (Å²) in [4.78, 5) is 36.7. The van der Waals surface area contributed by atoms with Crippen molar-refractivity contribution < 1.29 is 19.1 Å². The summed E-state index contributed by atoms with van der Waals surface area (Å²) < 4.78 is 13.7. The first-order valence-electron chi connectivity index (χ1n) is 15.8. The average molecular weight is 768 g/mol. The number of fused-ring (bicyclic) bond motifs is 1. The summed E-state index contributed by atoms with van der Waals surface area (Å²) in [5.74, 6) is 1.60. The van der Waals surface area contributed by atoms with Crippen molar-refractivity contribution in [1.82, 2.24) is 19.4 Å². The van der Waals surface area contributed by atoms with Crippen molar-refractivity contribution in [2.75, 3.05) is 38.1 Å². The predicted octanol–water partition coefficient (Wildman–Crippen LogP) is 8.27. The summed E-state index contributed by atoms with van der Waals surface area (Å²) in [7, 11) is 3.56. The summed E-state index contributed by atoms with van der Waals surface area (Å²) in [5, 5.41) is 1.65. The number of ether oxygens (including phenoxy) is 2. The second-order valence-corrected chi connectivity index (χ2v) is 13.0. The van der Waals surface area contributed by atoms with E-state index in [-0.39, 0.29) is 34.9 Å². The van der Waals surface area contributed by atoms with Crippen molar-refractivity contribution in [2.45, 2.75) is 26.5 Å². The highest BCUT2D eigenvalue weighted by molar-refractivity contribution is 8.93. The number of piperazine rings is 1. The van der Waals surface area contributed by atoms with Gasteiger partial charge >= 0.3 is 0 Å². The molecule has 0 spiro atoms. The lowest BCUT2D eigenvalue weighted by Crippen LogP contribution is -2.48. The smallest absolute Gasteiger partial charge is 0.270 e. The Kier molecular flexibility index (Phi) is 11.5. The highest BCUT2D eigenvalue weighted by atomic mass is 79.9. The van der Waals surface area contributed by atoms with E-state index in [2.05, 4.69) is 22.0 Å². The number of carbonyl (C=O) groups is 2. The second-order valence-electron chi connectivity index (χ2n) is 12.1. The summed E-state index contributed by atoms with van der Waals surface area (Å²) in [6.45, 7) is 7.83. The van der Waals surface area contributed by atoms with Crippen LogP contribution in [0.5, 0.6) is 17.4 Å². The largest absolute Gasteiger partial charge is 0.491 e. The molecule has 5 aromatic rings. The summed E-state index contributed by atoms with van der Waals surface area (Å²) in [5.41, 5.74) is 3.74. The quantitative estimate of drug-likeness (QED) is 0.150. The molecule has 0 bridgehead atoms. The SMILES string of the molecule is Br.CC(C)Oc1ccc(CN2CCN(C(=O)c3cc4ccc(Oc5ccc(N(C)C(=O)c6ccc(Cl)c(Cl)c6)cn5)cc4n3C)CC2)cc1. The fraction of sp³-hybridized carbons (Fsp3) is 0.270. The number of rotatable bonds is 9. The lowest BCUT2D eigenvalue weighted by molar-refractivity contribution is 0.0619. The third-order valence-corrected chi connectivity index (χ3v) is 9.14. The molecule has 12 heteroatoms. The molecular weight excluding hydrogens is 729 g/mol. The summed E-state index contributed by atoms with van der Waals surface area (Å²) >= 11 is 12.1. The normalized spacial score (nSPS) is 13.3. The number of anilines is 1. The van der Waals surface area contributed by atoms with Crippen LogP contribution in [-0.4, -0.2) is 70.5 Å². The van der Waals surface area contributed by atoms with Gasteiger partial charge in [0.05, 0.1) is 33.6 Å². The van der Waals surface area contributed by atoms with Gasteiger partial charge < -0.3 is 23.8 Å². The summed E-state index contributed by atoms with van der Waals surface area (Å²) in [6, 6.07) is 24.1. The molecule has 0 N–H and O–H groups in total. The molecule has 6 rings (SSSR count). The number of halogens is 3. The van der Waals surface area contributed by atoms with Crippen LogP contribution in [0, 0.1) is 0 Å². The Hall–Kier alpha value is -4.09. The first-order valence-corrected chi connectivity index (χ1v) is 16.5. The number of hydrogen-bond acceptors (Lipinski definition) is 6. The Morgan fingerprint density at radius 3 is 2.24 bits per heavy atom. The Labute approximate surface area is 306 Å². The predicted molar refractivity (Wildman–Crippen MR) is 200 cm³/mol. The van der Waals surface area contributed by atoms with Gasteiger partial charge in [-0.15, -0.1) is 17.0 Å². The zero-order chi connectivity index (χ0) is 33.9. The van der Waals surface area contributed by atoms with Crippen LogP contribution in [0.1, 0.15) is 40.3 Å². The molecule has 1 saturated heterocycles. The van der Waals surface area contributed by atoms with Crippen LogP contribution in [0.15, 0.2) is 85.1 Å². The van der Waals surface area contributed by atoms with Crippen LogP contribution in [0.2, 0.25) is 10.0 Å². The Morgan fingerprint density at radius 1 is 0.878 bits per heavy atom. The van der Waals surface area contributed by atoms with Gasteiger partial charge in [-0.1, -0.05) is 35.3 Å². The number of benzene rings is 3. The van der Waals surface area contributed by atoms with E-state index in [0.29, 0.717) is 51.7 Å². The molecule has 0 aliphatic carbocycles. The molecule has 2 aromatic heterocycles. The minimum atomic E-state index is -0.246. The first kappa shape index (κ1) is 36.2. The molecule has 1 fully saturated rings. The Bertz CT molecular complexity index is 1940. The molecule has 9 nitrogen and oxygen atoms in total. The van der Waals surface area contributed by atoms with Crippen LogP contribution in [0.3, 0.4) is 0 Å². The molecule has 2 amide bonds. The van der Waals surface area contributed by atoms with E-state index in [4.69, 9.17) is 32.7 Å². The van der Waals surface area contributed by atoms with Gasteiger partial charge in [0, 0.05) is 69.9 Å². The van der Waals surface area contributed by atoms with E-state index >= 15 is 0 Å². The highest BCUT2D eigenvalue weighted by Crippen LogP contribution is 2.29. The van der Waals surface area contributed by atoms with Gasteiger partial charge in [-0.3, -0.25) is 14.5 Å². The van der Waals surface area contributed by atoms with E-state index < -0.39 is 0 Å². The minimum Gasteiger partial charge on any atom is -0.491 e. The van der Waals surface area contributed by atoms with Gasteiger partial charge in [0.25, 0.3) is 11.8 Å². The van der Waals surface area contributed by atoms with Crippen molar-refractivity contribution in [3.8, 4) is 17.4 Å².